The van der Waals surface area contributed by atoms with Crippen LogP contribution in [0, 0.1) is 30.1 Å². The first-order valence-electron chi connectivity index (χ1n) is 19.4. The Kier molecular flexibility index (Phi) is 10.2. The number of fused-ring (bicyclic) bond motifs is 4. The van der Waals surface area contributed by atoms with Crippen LogP contribution in [-0.4, -0.2) is 18.0 Å². The van der Waals surface area contributed by atoms with Gasteiger partial charge in [-0.15, -0.1) is 6.42 Å². The monoisotopic (exact) mass is 696 g/mol. The smallest absolute Gasteiger partial charge is 0.135 e. The molecule has 0 saturated heterocycles. The maximum atomic E-state index is 6.39. The van der Waals surface area contributed by atoms with Crippen molar-refractivity contribution < 1.29 is 9.15 Å². The molecular weight excluding hydrogens is 649 g/mol. The average Bonchev–Trinajstić information content (AvgIpc) is 3.46. The normalized spacial score (nSPS) is 24.9. The molecule has 2 aliphatic carbocycles. The lowest BCUT2D eigenvalue weighted by Gasteiger charge is -2.36. The second-order valence-electron chi connectivity index (χ2n) is 14.8. The van der Waals surface area contributed by atoms with E-state index in [1.54, 1.807) is 0 Å². The summed E-state index contributed by atoms with van der Waals surface area (Å²) in [5.74, 6) is 4.66. The fraction of sp³-hybridized carbons (Fsp3) is 0.286. The molecule has 5 atom stereocenters. The zero-order valence-electron chi connectivity index (χ0n) is 30.6. The predicted octanol–water partition coefficient (Wildman–Crippen LogP) is 11.9. The zero-order valence-corrected chi connectivity index (χ0v) is 30.6. The average molecular weight is 697 g/mol. The van der Waals surface area contributed by atoms with Gasteiger partial charge >= 0.3 is 0 Å². The summed E-state index contributed by atoms with van der Waals surface area (Å²) in [5.41, 5.74) is 9.91. The van der Waals surface area contributed by atoms with Crippen LogP contribution in [0.3, 0.4) is 0 Å². The largest absolute Gasteiger partial charge is 0.491 e. The van der Waals surface area contributed by atoms with Gasteiger partial charge in [0.2, 0.25) is 0 Å². The lowest BCUT2D eigenvalue weighted by Crippen LogP contribution is -2.37. The van der Waals surface area contributed by atoms with Gasteiger partial charge in [-0.2, -0.15) is 0 Å². The first-order chi connectivity index (χ1) is 26.1. The molecule has 0 amide bonds. The second kappa shape index (κ2) is 15.6. The second-order valence-corrected chi connectivity index (χ2v) is 14.8. The molecule has 1 saturated carbocycles. The molecule has 3 aromatic carbocycles. The van der Waals surface area contributed by atoms with Crippen molar-refractivity contribution in [1.29, 1.82) is 0 Å². The molecule has 3 heterocycles. The highest BCUT2D eigenvalue weighted by Gasteiger charge is 2.34. The molecule has 8 rings (SSSR count). The van der Waals surface area contributed by atoms with Crippen LogP contribution in [0.1, 0.15) is 69.4 Å². The summed E-state index contributed by atoms with van der Waals surface area (Å²) in [5, 5.41) is 6.02. The molecule has 0 spiro atoms. The summed E-state index contributed by atoms with van der Waals surface area (Å²) >= 11 is 0. The number of hydrogen-bond donors (Lipinski definition) is 1. The van der Waals surface area contributed by atoms with E-state index in [1.807, 2.05) is 24.3 Å². The van der Waals surface area contributed by atoms with E-state index >= 15 is 0 Å². The molecule has 4 aliphatic rings. The Balaban J connectivity index is 1.27. The van der Waals surface area contributed by atoms with Crippen LogP contribution in [0.5, 0.6) is 0 Å². The minimum Gasteiger partial charge on any atom is -0.491 e. The molecule has 2 aliphatic heterocycles. The van der Waals surface area contributed by atoms with Crippen molar-refractivity contribution >= 4 is 38.9 Å². The van der Waals surface area contributed by atoms with E-state index in [1.165, 1.54) is 16.7 Å². The molecule has 1 N–H and O–H groups in total. The van der Waals surface area contributed by atoms with Crippen LogP contribution in [0.15, 0.2) is 154 Å². The third-order valence-corrected chi connectivity index (χ3v) is 11.3. The number of ether oxygens (including phenoxy) is 1. The van der Waals surface area contributed by atoms with E-state index in [0.29, 0.717) is 11.8 Å². The van der Waals surface area contributed by atoms with E-state index in [-0.39, 0.29) is 18.2 Å². The molecule has 4 unspecified atom stereocenters. The van der Waals surface area contributed by atoms with Gasteiger partial charge in [-0.25, -0.2) is 0 Å². The fourth-order valence-corrected chi connectivity index (χ4v) is 8.50. The minimum atomic E-state index is -0.233. The SMILES string of the molecule is C#CC(CCCC)C1N=C(C2=C(c3ccc4oc5ccccc5c4c3)CC=CC([C@H]3CCC4OC(=C)/C=C\C=C/CC4C3)=C2)C=C(c2ccccc2)N1. The summed E-state index contributed by atoms with van der Waals surface area (Å²) in [4.78, 5) is 5.50. The molecule has 0 bridgehead atoms. The van der Waals surface area contributed by atoms with Gasteiger partial charge in [-0.05, 0) is 109 Å². The molecule has 4 aromatic rings. The van der Waals surface area contributed by atoms with Crippen molar-refractivity contribution in [2.75, 3.05) is 0 Å². The number of rotatable bonds is 8. The first-order valence-corrected chi connectivity index (χ1v) is 19.4. The van der Waals surface area contributed by atoms with Crippen molar-refractivity contribution in [3.63, 3.8) is 0 Å². The molecule has 53 heavy (non-hydrogen) atoms. The van der Waals surface area contributed by atoms with Crippen LogP contribution in [-0.2, 0) is 4.74 Å². The Hall–Kier alpha value is -5.53. The van der Waals surface area contributed by atoms with Gasteiger partial charge in [0.05, 0.1) is 11.6 Å². The van der Waals surface area contributed by atoms with Gasteiger partial charge in [0.1, 0.15) is 29.2 Å². The van der Waals surface area contributed by atoms with Gasteiger partial charge < -0.3 is 14.5 Å². The molecule has 1 aromatic heterocycles. The molecule has 4 nitrogen and oxygen atoms in total. The maximum absolute atomic E-state index is 6.39. The summed E-state index contributed by atoms with van der Waals surface area (Å²) in [6.07, 6.45) is 32.0. The number of benzene rings is 3. The van der Waals surface area contributed by atoms with E-state index in [4.69, 9.17) is 20.6 Å². The van der Waals surface area contributed by atoms with E-state index in [0.717, 1.165) is 102 Å². The number of nitrogens with zero attached hydrogens (tertiary/aromatic N) is 1. The van der Waals surface area contributed by atoms with Crippen LogP contribution in [0.4, 0.5) is 0 Å². The highest BCUT2D eigenvalue weighted by Crippen LogP contribution is 2.42. The van der Waals surface area contributed by atoms with E-state index in [9.17, 15) is 0 Å². The molecule has 0 radical (unpaired) electrons. The Labute approximate surface area is 314 Å². The highest BCUT2D eigenvalue weighted by molar-refractivity contribution is 6.19. The third-order valence-electron chi connectivity index (χ3n) is 11.3. The van der Waals surface area contributed by atoms with Gasteiger partial charge in [0, 0.05) is 22.0 Å². The lowest BCUT2D eigenvalue weighted by molar-refractivity contribution is 0.0303. The Bertz CT molecular complexity index is 2270. The van der Waals surface area contributed by atoms with Gasteiger partial charge in [0.25, 0.3) is 0 Å². The topological polar surface area (TPSA) is 46.8 Å². The van der Waals surface area contributed by atoms with Crippen molar-refractivity contribution in [2.45, 2.75) is 70.6 Å². The quantitative estimate of drug-likeness (QED) is 0.187. The van der Waals surface area contributed by atoms with Gasteiger partial charge in [-0.3, -0.25) is 4.99 Å². The Morgan fingerprint density at radius 3 is 2.64 bits per heavy atom. The van der Waals surface area contributed by atoms with E-state index < -0.39 is 0 Å². The molecular formula is C49H48N2O2. The van der Waals surface area contributed by atoms with Crippen LogP contribution < -0.4 is 5.32 Å². The van der Waals surface area contributed by atoms with E-state index in [2.05, 4.69) is 122 Å². The number of nitrogens with one attached hydrogen (secondary N) is 1. The standard InChI is InChI=1S/C49H48N2O2/c1-4-6-17-34(5-2)49-50-44(35-18-10-8-11-19-35)32-45(51-49)42-30-36(37-25-27-46-39(29-37)20-12-7-9-16-33(3)52-46)21-15-23-40(42)38-26-28-48-43(31-38)41-22-13-14-24-47(41)53-48/h2,7-16,18-19,21-22,24,26,28,30-32,34,37,39,46,49-50H,3-4,6,17,20,23,25,27,29H2,1H3/b12-7-,16-9-/t34?,37-,39?,46?,49?/m0/s1. The molecule has 1 fully saturated rings. The van der Waals surface area contributed by atoms with Crippen molar-refractivity contribution in [3.8, 4) is 12.3 Å². The van der Waals surface area contributed by atoms with Gasteiger partial charge in [0.15, 0.2) is 0 Å². The highest BCUT2D eigenvalue weighted by atomic mass is 16.5. The van der Waals surface area contributed by atoms with Crippen LogP contribution in [0.25, 0.3) is 33.2 Å². The first kappa shape index (κ1) is 34.6. The Morgan fingerprint density at radius 1 is 0.925 bits per heavy atom. The van der Waals surface area contributed by atoms with Crippen molar-refractivity contribution in [1.82, 2.24) is 5.32 Å². The number of unbranched alkanes of at least 4 members (excludes halogenated alkanes) is 1. The van der Waals surface area contributed by atoms with Crippen LogP contribution >= 0.6 is 0 Å². The predicted molar refractivity (Wildman–Crippen MR) is 221 cm³/mol. The van der Waals surface area contributed by atoms with Gasteiger partial charge in [-0.1, -0.05) is 117 Å². The number of terminal acetylenes is 1. The maximum Gasteiger partial charge on any atom is 0.135 e. The fourth-order valence-electron chi connectivity index (χ4n) is 8.50. The number of para-hydroxylation sites is 1. The number of aliphatic imine (C=N–C) groups is 1. The summed E-state index contributed by atoms with van der Waals surface area (Å²) in [6, 6.07) is 25.5. The number of allylic oxidation sites excluding steroid dienone is 11. The number of furan rings is 1. The number of hydrogen-bond acceptors (Lipinski definition) is 4. The Morgan fingerprint density at radius 2 is 1.77 bits per heavy atom. The summed E-state index contributed by atoms with van der Waals surface area (Å²) in [6.45, 7) is 6.37. The lowest BCUT2D eigenvalue weighted by atomic mass is 9.74. The summed E-state index contributed by atoms with van der Waals surface area (Å²) in [7, 11) is 0. The van der Waals surface area contributed by atoms with Crippen LogP contribution in [0.2, 0.25) is 0 Å². The minimum absolute atomic E-state index is 0.0293. The zero-order chi connectivity index (χ0) is 36.1. The summed E-state index contributed by atoms with van der Waals surface area (Å²) < 4.78 is 12.6. The molecule has 4 heteroatoms. The van der Waals surface area contributed by atoms with Crippen molar-refractivity contribution in [3.05, 3.63) is 156 Å². The third kappa shape index (κ3) is 7.40. The molecule has 266 valence electrons. The van der Waals surface area contributed by atoms with Crippen molar-refractivity contribution in [2.24, 2.45) is 22.7 Å².